The zero-order valence-corrected chi connectivity index (χ0v) is 11.3. The fourth-order valence-electron chi connectivity index (χ4n) is 2.06. The van der Waals surface area contributed by atoms with E-state index in [2.05, 4.69) is 4.90 Å². The lowest BCUT2D eigenvalue weighted by atomic mass is 10.1. The van der Waals surface area contributed by atoms with Crippen LogP contribution in [0.25, 0.3) is 0 Å². The lowest BCUT2D eigenvalue weighted by molar-refractivity contribution is -0.132. The summed E-state index contributed by atoms with van der Waals surface area (Å²) in [6, 6.07) is 6.33. The number of carbonyl (C=O) groups excluding carboxylic acids is 1. The Morgan fingerprint density at radius 1 is 1.42 bits per heavy atom. The van der Waals surface area contributed by atoms with Crippen molar-refractivity contribution in [1.82, 2.24) is 9.80 Å². The van der Waals surface area contributed by atoms with Crippen LogP contribution in [0.4, 0.5) is 4.39 Å². The smallest absolute Gasteiger partial charge is 0.236 e. The van der Waals surface area contributed by atoms with Gasteiger partial charge in [0.15, 0.2) is 0 Å². The van der Waals surface area contributed by atoms with E-state index in [0.29, 0.717) is 19.7 Å². The van der Waals surface area contributed by atoms with E-state index in [9.17, 15) is 9.18 Å². The van der Waals surface area contributed by atoms with Gasteiger partial charge >= 0.3 is 0 Å². The predicted molar refractivity (Wildman–Crippen MR) is 70.2 cm³/mol. The lowest BCUT2D eigenvalue weighted by Gasteiger charge is -2.33. The molecule has 0 bridgehead atoms. The highest BCUT2D eigenvalue weighted by molar-refractivity contribution is 5.77. The minimum Gasteiger partial charge on any atom is -0.371 e. The molecule has 19 heavy (non-hydrogen) atoms. The topological polar surface area (TPSA) is 32.8 Å². The number of ether oxygens (including phenoxy) is 1. The van der Waals surface area contributed by atoms with Crippen LogP contribution < -0.4 is 0 Å². The van der Waals surface area contributed by atoms with Gasteiger partial charge in [-0.2, -0.15) is 0 Å². The number of nitrogens with zero attached hydrogens (tertiary/aromatic N) is 2. The van der Waals surface area contributed by atoms with E-state index >= 15 is 0 Å². The normalized spacial score (nSPS) is 20.3. The SMILES string of the molecule is CN(C)C(=O)CN1CCOC(c2ccc(F)cc2)C1. The first kappa shape index (κ1) is 14.0. The Labute approximate surface area is 112 Å². The number of carbonyl (C=O) groups is 1. The van der Waals surface area contributed by atoms with Gasteiger partial charge in [-0.15, -0.1) is 0 Å². The monoisotopic (exact) mass is 266 g/mol. The summed E-state index contributed by atoms with van der Waals surface area (Å²) in [5.74, 6) is -0.168. The molecule has 1 saturated heterocycles. The van der Waals surface area contributed by atoms with Crippen molar-refractivity contribution in [2.24, 2.45) is 0 Å². The van der Waals surface area contributed by atoms with Crippen molar-refractivity contribution < 1.29 is 13.9 Å². The van der Waals surface area contributed by atoms with Crippen molar-refractivity contribution in [3.05, 3.63) is 35.6 Å². The molecule has 1 aliphatic rings. The van der Waals surface area contributed by atoms with Crippen molar-refractivity contribution >= 4 is 5.91 Å². The molecule has 0 spiro atoms. The molecule has 0 saturated carbocycles. The molecule has 4 nitrogen and oxygen atoms in total. The summed E-state index contributed by atoms with van der Waals surface area (Å²) in [6.45, 7) is 2.39. The summed E-state index contributed by atoms with van der Waals surface area (Å²) < 4.78 is 18.6. The van der Waals surface area contributed by atoms with E-state index in [-0.39, 0.29) is 17.8 Å². The Morgan fingerprint density at radius 2 is 2.11 bits per heavy atom. The molecule has 1 amide bonds. The zero-order chi connectivity index (χ0) is 13.8. The Bertz CT molecular complexity index is 434. The number of benzene rings is 1. The van der Waals surface area contributed by atoms with Crippen molar-refractivity contribution in [3.63, 3.8) is 0 Å². The third-order valence-corrected chi connectivity index (χ3v) is 3.25. The van der Waals surface area contributed by atoms with E-state index in [1.807, 2.05) is 0 Å². The number of likely N-dealkylation sites (N-methyl/N-ethyl adjacent to an activating group) is 1. The maximum absolute atomic E-state index is 12.9. The maximum Gasteiger partial charge on any atom is 0.236 e. The van der Waals surface area contributed by atoms with Gasteiger partial charge in [0.05, 0.1) is 19.3 Å². The molecule has 1 atom stereocenters. The highest BCUT2D eigenvalue weighted by Gasteiger charge is 2.23. The first-order chi connectivity index (χ1) is 9.06. The Kier molecular flexibility index (Phi) is 4.50. The fraction of sp³-hybridized carbons (Fsp3) is 0.500. The Hall–Kier alpha value is -1.46. The molecule has 0 aliphatic carbocycles. The third-order valence-electron chi connectivity index (χ3n) is 3.25. The molecule has 1 heterocycles. The highest BCUT2D eigenvalue weighted by atomic mass is 19.1. The number of morpholine rings is 1. The van der Waals surface area contributed by atoms with E-state index in [0.717, 1.165) is 12.1 Å². The number of halogens is 1. The standard InChI is InChI=1S/C14H19FN2O2/c1-16(2)14(18)10-17-7-8-19-13(9-17)11-3-5-12(15)6-4-11/h3-6,13H,7-10H2,1-2H3. The minimum absolute atomic E-state index is 0.0831. The molecule has 1 unspecified atom stereocenters. The Balaban J connectivity index is 1.97. The first-order valence-electron chi connectivity index (χ1n) is 6.36. The van der Waals surface area contributed by atoms with Crippen LogP contribution in [0.1, 0.15) is 11.7 Å². The largest absolute Gasteiger partial charge is 0.371 e. The van der Waals surface area contributed by atoms with Gasteiger partial charge in [0.25, 0.3) is 0 Å². The number of hydrogen-bond acceptors (Lipinski definition) is 3. The highest BCUT2D eigenvalue weighted by Crippen LogP contribution is 2.22. The average molecular weight is 266 g/mol. The van der Waals surface area contributed by atoms with Crippen LogP contribution in [-0.4, -0.2) is 56.0 Å². The molecule has 5 heteroatoms. The number of amides is 1. The lowest BCUT2D eigenvalue weighted by Crippen LogP contribution is -2.43. The third kappa shape index (κ3) is 3.75. The van der Waals surface area contributed by atoms with E-state index in [1.54, 1.807) is 31.1 Å². The second-order valence-corrected chi connectivity index (χ2v) is 4.93. The fourth-order valence-corrected chi connectivity index (χ4v) is 2.06. The van der Waals surface area contributed by atoms with E-state index in [4.69, 9.17) is 4.74 Å². The Morgan fingerprint density at radius 3 is 2.74 bits per heavy atom. The summed E-state index contributed by atoms with van der Waals surface area (Å²) >= 11 is 0. The zero-order valence-electron chi connectivity index (χ0n) is 11.3. The molecular formula is C14H19FN2O2. The second-order valence-electron chi connectivity index (χ2n) is 4.93. The maximum atomic E-state index is 12.9. The summed E-state index contributed by atoms with van der Waals surface area (Å²) in [4.78, 5) is 15.3. The van der Waals surface area contributed by atoms with E-state index < -0.39 is 0 Å². The first-order valence-corrected chi connectivity index (χ1v) is 6.36. The van der Waals surface area contributed by atoms with Crippen molar-refractivity contribution in [2.45, 2.75) is 6.10 Å². The second kappa shape index (κ2) is 6.12. The van der Waals surface area contributed by atoms with Crippen LogP contribution in [0.5, 0.6) is 0 Å². The van der Waals surface area contributed by atoms with Gasteiger partial charge in [0.2, 0.25) is 5.91 Å². The molecule has 1 aromatic rings. The van der Waals surface area contributed by atoms with Gasteiger partial charge in [-0.05, 0) is 17.7 Å². The molecule has 104 valence electrons. The summed E-state index contributed by atoms with van der Waals surface area (Å²) in [5, 5.41) is 0. The predicted octanol–water partition coefficient (Wildman–Crippen LogP) is 1.29. The van der Waals surface area contributed by atoms with Crippen LogP contribution in [0.15, 0.2) is 24.3 Å². The average Bonchev–Trinajstić information content (AvgIpc) is 2.39. The molecule has 0 radical (unpaired) electrons. The van der Waals surface area contributed by atoms with Gasteiger partial charge < -0.3 is 9.64 Å². The molecule has 0 aromatic heterocycles. The molecule has 1 fully saturated rings. The van der Waals surface area contributed by atoms with Crippen LogP contribution in [0, 0.1) is 5.82 Å². The molecule has 1 aromatic carbocycles. The van der Waals surface area contributed by atoms with Gasteiger partial charge in [-0.3, -0.25) is 9.69 Å². The van der Waals surface area contributed by atoms with Crippen LogP contribution in [0.2, 0.25) is 0 Å². The van der Waals surface area contributed by atoms with Crippen LogP contribution in [0.3, 0.4) is 0 Å². The molecule has 0 N–H and O–H groups in total. The van der Waals surface area contributed by atoms with Gasteiger partial charge in [0, 0.05) is 27.2 Å². The van der Waals surface area contributed by atoms with Crippen LogP contribution in [-0.2, 0) is 9.53 Å². The van der Waals surface area contributed by atoms with Gasteiger partial charge in [-0.25, -0.2) is 4.39 Å². The summed E-state index contributed by atoms with van der Waals surface area (Å²) in [6.07, 6.45) is -0.0932. The number of hydrogen-bond donors (Lipinski definition) is 0. The van der Waals surface area contributed by atoms with Crippen molar-refractivity contribution in [3.8, 4) is 0 Å². The van der Waals surface area contributed by atoms with Crippen LogP contribution >= 0.6 is 0 Å². The molecule has 2 rings (SSSR count). The quantitative estimate of drug-likeness (QED) is 0.826. The minimum atomic E-state index is -0.251. The summed E-state index contributed by atoms with van der Waals surface area (Å²) in [5.41, 5.74) is 0.948. The van der Waals surface area contributed by atoms with Gasteiger partial charge in [0.1, 0.15) is 5.82 Å². The van der Waals surface area contributed by atoms with Crippen molar-refractivity contribution in [2.75, 3.05) is 40.3 Å². The van der Waals surface area contributed by atoms with Crippen molar-refractivity contribution in [1.29, 1.82) is 0 Å². The number of rotatable bonds is 3. The molecule has 1 aliphatic heterocycles. The molecular weight excluding hydrogens is 247 g/mol. The van der Waals surface area contributed by atoms with E-state index in [1.165, 1.54) is 12.1 Å². The van der Waals surface area contributed by atoms with Gasteiger partial charge in [-0.1, -0.05) is 12.1 Å². The summed E-state index contributed by atoms with van der Waals surface area (Å²) in [7, 11) is 3.50.